The van der Waals surface area contributed by atoms with Crippen molar-refractivity contribution in [1.29, 1.82) is 0 Å². The van der Waals surface area contributed by atoms with Gasteiger partial charge >= 0.3 is 5.97 Å². The Hall–Kier alpha value is -2.26. The number of halogens is 1. The number of rotatable bonds is 3. The van der Waals surface area contributed by atoms with Crippen LogP contribution in [0.4, 0.5) is 0 Å². The standard InChI is InChI=1S/C17H13ClO3/c1-2-10-7-8-14-12(9-10)15(16(21-14)17(19)20)11-5-3-4-6-13(11)18/h3-9H,2H2,1H3,(H,19,20). The highest BCUT2D eigenvalue weighted by molar-refractivity contribution is 6.34. The van der Waals surface area contributed by atoms with E-state index in [4.69, 9.17) is 16.0 Å². The number of carboxylic acids is 1. The maximum absolute atomic E-state index is 11.5. The normalized spacial score (nSPS) is 11.0. The highest BCUT2D eigenvalue weighted by Crippen LogP contribution is 2.38. The van der Waals surface area contributed by atoms with Crippen LogP contribution in [0.15, 0.2) is 46.9 Å². The van der Waals surface area contributed by atoms with E-state index >= 15 is 0 Å². The Morgan fingerprint density at radius 1 is 1.24 bits per heavy atom. The minimum Gasteiger partial charge on any atom is -0.475 e. The number of aryl methyl sites for hydroxylation is 1. The lowest BCUT2D eigenvalue weighted by atomic mass is 10.00. The van der Waals surface area contributed by atoms with E-state index in [9.17, 15) is 9.90 Å². The molecule has 21 heavy (non-hydrogen) atoms. The Labute approximate surface area is 126 Å². The molecule has 0 spiro atoms. The summed E-state index contributed by atoms with van der Waals surface area (Å²) in [7, 11) is 0. The zero-order valence-corrected chi connectivity index (χ0v) is 12.1. The summed E-state index contributed by atoms with van der Waals surface area (Å²) in [4.78, 5) is 11.5. The van der Waals surface area contributed by atoms with Gasteiger partial charge in [0.1, 0.15) is 5.58 Å². The Morgan fingerprint density at radius 3 is 2.67 bits per heavy atom. The van der Waals surface area contributed by atoms with Crippen molar-refractivity contribution in [1.82, 2.24) is 0 Å². The van der Waals surface area contributed by atoms with Crippen molar-refractivity contribution in [3.05, 3.63) is 58.8 Å². The van der Waals surface area contributed by atoms with Crippen LogP contribution in [-0.2, 0) is 6.42 Å². The number of hydrogen-bond acceptors (Lipinski definition) is 2. The molecule has 0 aliphatic heterocycles. The van der Waals surface area contributed by atoms with Crippen LogP contribution in [0.5, 0.6) is 0 Å². The van der Waals surface area contributed by atoms with Gasteiger partial charge in [-0.25, -0.2) is 4.79 Å². The highest BCUT2D eigenvalue weighted by Gasteiger charge is 2.22. The molecule has 4 heteroatoms. The second kappa shape index (κ2) is 5.26. The first-order chi connectivity index (χ1) is 10.1. The van der Waals surface area contributed by atoms with Crippen LogP contribution in [0.2, 0.25) is 5.02 Å². The number of furan rings is 1. The minimum absolute atomic E-state index is 0.0775. The average Bonchev–Trinajstić information content (AvgIpc) is 2.86. The Bertz CT molecular complexity index is 833. The number of aromatic carboxylic acids is 1. The van der Waals surface area contributed by atoms with Crippen molar-refractivity contribution in [3.63, 3.8) is 0 Å². The van der Waals surface area contributed by atoms with E-state index in [0.29, 0.717) is 21.7 Å². The van der Waals surface area contributed by atoms with Crippen LogP contribution < -0.4 is 0 Å². The van der Waals surface area contributed by atoms with Gasteiger partial charge in [-0.1, -0.05) is 42.8 Å². The summed E-state index contributed by atoms with van der Waals surface area (Å²) in [5, 5.41) is 10.7. The van der Waals surface area contributed by atoms with Crippen LogP contribution >= 0.6 is 11.6 Å². The summed E-state index contributed by atoms with van der Waals surface area (Å²) in [6, 6.07) is 12.9. The molecule has 3 rings (SSSR count). The fourth-order valence-electron chi connectivity index (χ4n) is 2.45. The largest absolute Gasteiger partial charge is 0.475 e. The predicted octanol–water partition coefficient (Wildman–Crippen LogP) is 5.01. The van der Waals surface area contributed by atoms with Crippen molar-refractivity contribution in [3.8, 4) is 11.1 Å². The average molecular weight is 301 g/mol. The molecule has 0 atom stereocenters. The van der Waals surface area contributed by atoms with Crippen LogP contribution in [-0.4, -0.2) is 11.1 Å². The third-order valence-electron chi connectivity index (χ3n) is 3.50. The predicted molar refractivity (Wildman–Crippen MR) is 83.0 cm³/mol. The Kier molecular flexibility index (Phi) is 3.43. The summed E-state index contributed by atoms with van der Waals surface area (Å²) in [5.41, 5.74) is 2.88. The summed E-state index contributed by atoms with van der Waals surface area (Å²) in [6.45, 7) is 2.05. The van der Waals surface area contributed by atoms with Crippen LogP contribution in [0.25, 0.3) is 22.1 Å². The maximum atomic E-state index is 11.5. The molecule has 0 bridgehead atoms. The zero-order chi connectivity index (χ0) is 15.0. The van der Waals surface area contributed by atoms with E-state index < -0.39 is 5.97 Å². The first-order valence-electron chi connectivity index (χ1n) is 6.65. The smallest absolute Gasteiger partial charge is 0.372 e. The van der Waals surface area contributed by atoms with Crippen molar-refractivity contribution in [2.45, 2.75) is 13.3 Å². The molecule has 1 aromatic heterocycles. The van der Waals surface area contributed by atoms with Gasteiger partial charge in [-0.2, -0.15) is 0 Å². The molecule has 106 valence electrons. The lowest BCUT2D eigenvalue weighted by molar-refractivity contribution is 0.0666. The summed E-state index contributed by atoms with van der Waals surface area (Å²) >= 11 is 6.23. The number of carboxylic acid groups (broad SMARTS) is 1. The van der Waals surface area contributed by atoms with E-state index in [-0.39, 0.29) is 5.76 Å². The quantitative estimate of drug-likeness (QED) is 0.739. The fraction of sp³-hybridized carbons (Fsp3) is 0.118. The van der Waals surface area contributed by atoms with Gasteiger partial charge in [0, 0.05) is 21.5 Å². The Balaban J connectivity index is 2.40. The molecular weight excluding hydrogens is 288 g/mol. The summed E-state index contributed by atoms with van der Waals surface area (Å²) in [5.74, 6) is -1.18. The summed E-state index contributed by atoms with van der Waals surface area (Å²) in [6.07, 6.45) is 0.867. The molecule has 1 N–H and O–H groups in total. The van der Waals surface area contributed by atoms with Gasteiger partial charge in [-0.3, -0.25) is 0 Å². The monoisotopic (exact) mass is 300 g/mol. The van der Waals surface area contributed by atoms with Crippen LogP contribution in [0, 0.1) is 0 Å². The zero-order valence-electron chi connectivity index (χ0n) is 11.4. The molecule has 0 amide bonds. The molecule has 0 unspecified atom stereocenters. The van der Waals surface area contributed by atoms with E-state index in [1.54, 1.807) is 18.2 Å². The van der Waals surface area contributed by atoms with Gasteiger partial charge in [0.2, 0.25) is 5.76 Å². The SMILES string of the molecule is CCc1ccc2oc(C(=O)O)c(-c3ccccc3Cl)c2c1. The van der Waals surface area contributed by atoms with Gasteiger partial charge in [-0.05, 0) is 30.2 Å². The lowest BCUT2D eigenvalue weighted by Gasteiger charge is -2.04. The third kappa shape index (κ3) is 2.30. The van der Waals surface area contributed by atoms with E-state index in [0.717, 1.165) is 17.4 Å². The van der Waals surface area contributed by atoms with Crippen molar-refractivity contribution < 1.29 is 14.3 Å². The molecule has 3 nitrogen and oxygen atoms in total. The molecule has 3 aromatic rings. The van der Waals surface area contributed by atoms with Gasteiger partial charge in [0.15, 0.2) is 0 Å². The molecule has 0 saturated heterocycles. The molecule has 0 radical (unpaired) electrons. The first-order valence-corrected chi connectivity index (χ1v) is 7.03. The van der Waals surface area contributed by atoms with E-state index in [2.05, 4.69) is 6.92 Å². The van der Waals surface area contributed by atoms with Crippen LogP contribution in [0.1, 0.15) is 23.0 Å². The van der Waals surface area contributed by atoms with Gasteiger partial charge in [-0.15, -0.1) is 0 Å². The van der Waals surface area contributed by atoms with Crippen molar-refractivity contribution in [2.75, 3.05) is 0 Å². The number of fused-ring (bicyclic) bond motifs is 1. The second-order valence-corrected chi connectivity index (χ2v) is 5.18. The molecular formula is C17H13ClO3. The molecule has 0 aliphatic rings. The van der Waals surface area contributed by atoms with Gasteiger partial charge in [0.05, 0.1) is 0 Å². The molecule has 2 aromatic carbocycles. The minimum atomic E-state index is -1.10. The summed E-state index contributed by atoms with van der Waals surface area (Å²) < 4.78 is 5.51. The van der Waals surface area contributed by atoms with E-state index in [1.807, 2.05) is 24.3 Å². The van der Waals surface area contributed by atoms with Gasteiger partial charge in [0.25, 0.3) is 0 Å². The third-order valence-corrected chi connectivity index (χ3v) is 3.83. The second-order valence-electron chi connectivity index (χ2n) is 4.78. The highest BCUT2D eigenvalue weighted by atomic mass is 35.5. The molecule has 0 aliphatic carbocycles. The molecule has 0 saturated carbocycles. The van der Waals surface area contributed by atoms with Crippen molar-refractivity contribution in [2.24, 2.45) is 0 Å². The number of benzene rings is 2. The number of carbonyl (C=O) groups is 1. The molecule has 0 fully saturated rings. The van der Waals surface area contributed by atoms with Crippen molar-refractivity contribution >= 4 is 28.5 Å². The van der Waals surface area contributed by atoms with Crippen LogP contribution in [0.3, 0.4) is 0 Å². The van der Waals surface area contributed by atoms with Gasteiger partial charge < -0.3 is 9.52 Å². The first kappa shape index (κ1) is 13.7. The lowest BCUT2D eigenvalue weighted by Crippen LogP contribution is -1.96. The molecule has 1 heterocycles. The fourth-order valence-corrected chi connectivity index (χ4v) is 2.68. The van der Waals surface area contributed by atoms with E-state index in [1.165, 1.54) is 0 Å². The topological polar surface area (TPSA) is 50.4 Å². The Morgan fingerprint density at radius 2 is 2.00 bits per heavy atom. The maximum Gasteiger partial charge on any atom is 0.372 e. The number of hydrogen-bond donors (Lipinski definition) is 1.